The quantitative estimate of drug-likeness (QED) is 0.488. The van der Waals surface area contributed by atoms with Gasteiger partial charge in [-0.2, -0.15) is 0 Å². The zero-order valence-electron chi connectivity index (χ0n) is 15.8. The molecule has 0 radical (unpaired) electrons. The summed E-state index contributed by atoms with van der Waals surface area (Å²) in [7, 11) is 1.88. The molecular formula is C22H19N5OS. The van der Waals surface area contributed by atoms with Gasteiger partial charge in [-0.15, -0.1) is 10.2 Å². The molecule has 1 amide bonds. The highest BCUT2D eigenvalue weighted by Gasteiger charge is 2.14. The van der Waals surface area contributed by atoms with E-state index < -0.39 is 0 Å². The first kappa shape index (κ1) is 18.9. The molecule has 2 aromatic carbocycles. The largest absolute Gasteiger partial charge is 0.325 e. The van der Waals surface area contributed by atoms with Crippen LogP contribution in [0.25, 0.3) is 22.5 Å². The highest BCUT2D eigenvalue weighted by molar-refractivity contribution is 7.99. The van der Waals surface area contributed by atoms with Crippen LogP contribution in [-0.2, 0) is 11.8 Å². The Kier molecular flexibility index (Phi) is 5.67. The van der Waals surface area contributed by atoms with Crippen molar-refractivity contribution in [1.82, 2.24) is 19.7 Å². The molecule has 4 rings (SSSR count). The van der Waals surface area contributed by atoms with Gasteiger partial charge in [0.1, 0.15) is 0 Å². The molecule has 144 valence electrons. The number of hydrogen-bond donors (Lipinski definition) is 1. The van der Waals surface area contributed by atoms with E-state index >= 15 is 0 Å². The van der Waals surface area contributed by atoms with Crippen molar-refractivity contribution in [1.29, 1.82) is 0 Å². The van der Waals surface area contributed by atoms with E-state index in [1.165, 1.54) is 11.8 Å². The van der Waals surface area contributed by atoms with E-state index in [-0.39, 0.29) is 11.7 Å². The highest BCUT2D eigenvalue weighted by atomic mass is 32.2. The van der Waals surface area contributed by atoms with Gasteiger partial charge < -0.3 is 9.88 Å². The first-order valence-electron chi connectivity index (χ1n) is 9.09. The molecule has 7 heteroatoms. The second-order valence-corrected chi connectivity index (χ2v) is 7.30. The Morgan fingerprint density at radius 1 is 0.966 bits per heavy atom. The summed E-state index contributed by atoms with van der Waals surface area (Å²) in [6, 6.07) is 21.6. The summed E-state index contributed by atoms with van der Waals surface area (Å²) < 4.78 is 1.87. The van der Waals surface area contributed by atoms with Gasteiger partial charge in [0.05, 0.1) is 5.75 Å². The van der Waals surface area contributed by atoms with E-state index in [0.29, 0.717) is 5.16 Å². The van der Waals surface area contributed by atoms with Crippen LogP contribution < -0.4 is 5.32 Å². The fourth-order valence-electron chi connectivity index (χ4n) is 2.96. The molecule has 0 bridgehead atoms. The van der Waals surface area contributed by atoms with Crippen LogP contribution in [0.5, 0.6) is 0 Å². The second kappa shape index (κ2) is 8.70. The second-order valence-electron chi connectivity index (χ2n) is 6.36. The number of anilines is 1. The summed E-state index contributed by atoms with van der Waals surface area (Å²) in [4.78, 5) is 16.7. The van der Waals surface area contributed by atoms with E-state index in [1.807, 2.05) is 78.3 Å². The topological polar surface area (TPSA) is 72.7 Å². The number of thioether (sulfide) groups is 1. The van der Waals surface area contributed by atoms with E-state index in [4.69, 9.17) is 0 Å². The third kappa shape index (κ3) is 4.35. The van der Waals surface area contributed by atoms with E-state index in [0.717, 1.165) is 28.2 Å². The molecule has 2 heterocycles. The lowest BCUT2D eigenvalue weighted by molar-refractivity contribution is -0.113. The molecule has 0 atom stereocenters. The standard InChI is InChI=1S/C22H19N5OS/c1-27-21(17-10-7-13-23-14-17)25-26-22(27)29-15-20(28)24-19-12-6-5-11-18(19)16-8-3-2-4-9-16/h2-14H,15H2,1H3,(H,24,28). The third-order valence-corrected chi connectivity index (χ3v) is 5.39. The number of carbonyl (C=O) groups is 1. The molecule has 0 unspecified atom stereocenters. The monoisotopic (exact) mass is 401 g/mol. The summed E-state index contributed by atoms with van der Waals surface area (Å²) >= 11 is 1.35. The molecule has 0 spiro atoms. The fourth-order valence-corrected chi connectivity index (χ4v) is 3.68. The van der Waals surface area contributed by atoms with Crippen molar-refractivity contribution in [3.05, 3.63) is 79.1 Å². The molecule has 1 N–H and O–H groups in total. The highest BCUT2D eigenvalue weighted by Crippen LogP contribution is 2.28. The summed E-state index contributed by atoms with van der Waals surface area (Å²) in [5.41, 5.74) is 3.73. The Bertz CT molecular complexity index is 1110. The van der Waals surface area contributed by atoms with Crippen LogP contribution in [0.1, 0.15) is 0 Å². The van der Waals surface area contributed by atoms with Crippen LogP contribution in [0.3, 0.4) is 0 Å². The zero-order chi connectivity index (χ0) is 20.1. The number of carbonyl (C=O) groups excluding carboxylic acids is 1. The van der Waals surface area contributed by atoms with Gasteiger partial charge >= 0.3 is 0 Å². The lowest BCUT2D eigenvalue weighted by Gasteiger charge is -2.11. The number of hydrogen-bond acceptors (Lipinski definition) is 5. The van der Waals surface area contributed by atoms with E-state index in [1.54, 1.807) is 12.4 Å². The molecule has 0 aliphatic carbocycles. The minimum atomic E-state index is -0.0932. The smallest absolute Gasteiger partial charge is 0.234 e. The first-order valence-corrected chi connectivity index (χ1v) is 10.1. The predicted molar refractivity (Wildman–Crippen MR) is 115 cm³/mol. The molecule has 0 aliphatic rings. The molecule has 29 heavy (non-hydrogen) atoms. The fraction of sp³-hybridized carbons (Fsp3) is 0.0909. The molecular weight excluding hydrogens is 382 g/mol. The number of nitrogens with zero attached hydrogens (tertiary/aromatic N) is 4. The first-order chi connectivity index (χ1) is 14.2. The van der Waals surface area contributed by atoms with Gasteiger partial charge in [0.25, 0.3) is 0 Å². The van der Waals surface area contributed by atoms with Crippen molar-refractivity contribution in [3.8, 4) is 22.5 Å². The van der Waals surface area contributed by atoms with Gasteiger partial charge in [-0.3, -0.25) is 9.78 Å². The maximum absolute atomic E-state index is 12.6. The summed E-state index contributed by atoms with van der Waals surface area (Å²) in [6.07, 6.45) is 3.46. The summed E-state index contributed by atoms with van der Waals surface area (Å²) in [5, 5.41) is 12.1. The lowest BCUT2D eigenvalue weighted by atomic mass is 10.0. The number of amides is 1. The van der Waals surface area contributed by atoms with Gasteiger partial charge in [-0.1, -0.05) is 60.3 Å². The normalized spacial score (nSPS) is 10.7. The average molecular weight is 401 g/mol. The van der Waals surface area contributed by atoms with Crippen molar-refractivity contribution in [2.45, 2.75) is 5.16 Å². The minimum Gasteiger partial charge on any atom is -0.325 e. The minimum absolute atomic E-state index is 0.0932. The van der Waals surface area contributed by atoms with Crippen molar-refractivity contribution in [3.63, 3.8) is 0 Å². The summed E-state index contributed by atoms with van der Waals surface area (Å²) in [6.45, 7) is 0. The average Bonchev–Trinajstić information content (AvgIpc) is 3.14. The van der Waals surface area contributed by atoms with Crippen molar-refractivity contribution >= 4 is 23.4 Å². The van der Waals surface area contributed by atoms with Crippen LogP contribution >= 0.6 is 11.8 Å². The van der Waals surface area contributed by atoms with Crippen LogP contribution in [0.4, 0.5) is 5.69 Å². The maximum Gasteiger partial charge on any atom is 0.234 e. The molecule has 0 saturated carbocycles. The van der Waals surface area contributed by atoms with Crippen LogP contribution in [0.2, 0.25) is 0 Å². The Labute approximate surface area is 173 Å². The molecule has 4 aromatic rings. The van der Waals surface area contributed by atoms with Gasteiger partial charge in [-0.05, 0) is 23.8 Å². The van der Waals surface area contributed by atoms with Crippen LogP contribution in [0.15, 0.2) is 84.3 Å². The number of benzene rings is 2. The van der Waals surface area contributed by atoms with Gasteiger partial charge in [0.15, 0.2) is 11.0 Å². The number of pyridine rings is 1. The Balaban J connectivity index is 1.44. The molecule has 0 fully saturated rings. The van der Waals surface area contributed by atoms with Crippen molar-refractivity contribution in [2.75, 3.05) is 11.1 Å². The van der Waals surface area contributed by atoms with E-state index in [2.05, 4.69) is 20.5 Å². The number of nitrogens with one attached hydrogen (secondary N) is 1. The molecule has 0 aliphatic heterocycles. The van der Waals surface area contributed by atoms with Gasteiger partial charge in [-0.25, -0.2) is 0 Å². The zero-order valence-corrected chi connectivity index (χ0v) is 16.6. The van der Waals surface area contributed by atoms with Gasteiger partial charge in [0.2, 0.25) is 5.91 Å². The molecule has 6 nitrogen and oxygen atoms in total. The maximum atomic E-state index is 12.6. The Hall–Kier alpha value is -3.45. The van der Waals surface area contributed by atoms with Crippen LogP contribution in [0, 0.1) is 0 Å². The van der Waals surface area contributed by atoms with E-state index in [9.17, 15) is 4.79 Å². The summed E-state index contributed by atoms with van der Waals surface area (Å²) in [5.74, 6) is 0.863. The SMILES string of the molecule is Cn1c(SCC(=O)Nc2ccccc2-c2ccccc2)nnc1-c1cccnc1. The Morgan fingerprint density at radius 3 is 2.52 bits per heavy atom. The number of rotatable bonds is 6. The predicted octanol–water partition coefficient (Wildman–Crippen LogP) is 4.27. The van der Waals surface area contributed by atoms with Gasteiger partial charge in [0, 0.05) is 36.3 Å². The molecule has 2 aromatic heterocycles. The molecule has 0 saturated heterocycles. The lowest BCUT2D eigenvalue weighted by Crippen LogP contribution is -2.15. The van der Waals surface area contributed by atoms with Crippen molar-refractivity contribution in [2.24, 2.45) is 7.05 Å². The number of aromatic nitrogens is 4. The van der Waals surface area contributed by atoms with Crippen molar-refractivity contribution < 1.29 is 4.79 Å². The van der Waals surface area contributed by atoms with Crippen LogP contribution in [-0.4, -0.2) is 31.4 Å². The number of para-hydroxylation sites is 1. The Morgan fingerprint density at radius 2 is 1.72 bits per heavy atom. The third-order valence-electron chi connectivity index (χ3n) is 4.37.